The molecule has 3 heteroatoms. The maximum absolute atomic E-state index is 8.87. The summed E-state index contributed by atoms with van der Waals surface area (Å²) in [6.07, 6.45) is 8.90. The highest BCUT2D eigenvalue weighted by Gasteiger charge is 2.21. The van der Waals surface area contributed by atoms with Crippen LogP contribution in [0.15, 0.2) is 0 Å². The quantitative estimate of drug-likeness (QED) is 0.675. The van der Waals surface area contributed by atoms with Crippen molar-refractivity contribution in [3.8, 4) is 0 Å². The van der Waals surface area contributed by atoms with Crippen molar-refractivity contribution in [2.24, 2.45) is 0 Å². The van der Waals surface area contributed by atoms with E-state index in [1.165, 1.54) is 0 Å². The monoisotopic (exact) mass is 235 g/mol. The molecule has 0 atom stereocenters. The number of nitrogens with one attached hydrogen (secondary N) is 1. The summed E-state index contributed by atoms with van der Waals surface area (Å²) in [5, 5.41) is 12.0. The van der Waals surface area contributed by atoms with Gasteiger partial charge in [0.15, 0.2) is 0 Å². The maximum atomic E-state index is 8.87. The van der Waals surface area contributed by atoms with Gasteiger partial charge in [-0.05, 0) is 49.4 Å². The van der Waals surface area contributed by atoms with Crippen molar-refractivity contribution in [3.05, 3.63) is 0 Å². The van der Waals surface area contributed by atoms with Crippen LogP contribution in [0.5, 0.6) is 0 Å². The van der Waals surface area contributed by atoms with Gasteiger partial charge in [0, 0.05) is 0 Å². The molecule has 0 aliphatic carbocycles. The van der Waals surface area contributed by atoms with Gasteiger partial charge in [-0.2, -0.15) is 0 Å². The molecule has 0 saturated carbocycles. The van der Waals surface area contributed by atoms with Crippen molar-refractivity contribution >= 4 is 10.0 Å². The Morgan fingerprint density at radius 3 is 1.53 bits per heavy atom. The van der Waals surface area contributed by atoms with Crippen molar-refractivity contribution in [1.82, 2.24) is 5.32 Å². The predicted octanol–water partition coefficient (Wildman–Crippen LogP) is 2.21. The van der Waals surface area contributed by atoms with Gasteiger partial charge in [0.1, 0.15) is 0 Å². The Kier molecular flexibility index (Phi) is 6.23. The fraction of sp³-hybridized carbons (Fsp3) is 1.00. The molecule has 1 heterocycles. The number of aliphatic hydroxyl groups is 1. The molecule has 2 N–H and O–H groups in total. The summed E-state index contributed by atoms with van der Waals surface area (Å²) in [7, 11) is -0.340. The van der Waals surface area contributed by atoms with E-state index in [0.717, 1.165) is 25.9 Å². The van der Waals surface area contributed by atoms with Gasteiger partial charge >= 0.3 is 0 Å². The summed E-state index contributed by atoms with van der Waals surface area (Å²) in [4.78, 5) is 0. The third-order valence-electron chi connectivity index (χ3n) is 3.15. The summed E-state index contributed by atoms with van der Waals surface area (Å²) in [5.41, 5.74) is 0. The van der Waals surface area contributed by atoms with Crippen LogP contribution in [-0.4, -0.2) is 47.8 Å². The Labute approximate surface area is 97.2 Å². The normalized spacial score (nSPS) is 20.5. The summed E-state index contributed by atoms with van der Waals surface area (Å²) >= 11 is 0. The van der Waals surface area contributed by atoms with Crippen LogP contribution >= 0.6 is 10.0 Å². The van der Waals surface area contributed by atoms with Crippen LogP contribution in [0.2, 0.25) is 0 Å². The zero-order valence-electron chi connectivity index (χ0n) is 11.3. The van der Waals surface area contributed by atoms with Crippen LogP contribution in [0.3, 0.4) is 0 Å². The van der Waals surface area contributed by atoms with E-state index in [0.29, 0.717) is 4.75 Å². The van der Waals surface area contributed by atoms with E-state index in [1.54, 1.807) is 0 Å². The molecule has 0 amide bonds. The molecule has 0 unspecified atom stereocenters. The minimum atomic E-state index is -0.340. The topological polar surface area (TPSA) is 32.3 Å². The molecule has 94 valence electrons. The molecule has 1 saturated heterocycles. The molecule has 1 aliphatic rings. The van der Waals surface area contributed by atoms with Gasteiger partial charge in [0.25, 0.3) is 0 Å². The molecule has 0 bridgehead atoms. The van der Waals surface area contributed by atoms with Crippen molar-refractivity contribution in [1.29, 1.82) is 0 Å². The van der Waals surface area contributed by atoms with E-state index in [1.807, 2.05) is 0 Å². The van der Waals surface area contributed by atoms with E-state index in [4.69, 9.17) is 5.11 Å². The van der Waals surface area contributed by atoms with Crippen LogP contribution in [0.4, 0.5) is 0 Å². The maximum Gasteiger partial charge on any atom is 0.0564 e. The predicted molar refractivity (Wildman–Crippen MR) is 73.2 cm³/mol. The summed E-state index contributed by atoms with van der Waals surface area (Å²) in [6, 6.07) is 0. The smallest absolute Gasteiger partial charge is 0.0564 e. The lowest BCUT2D eigenvalue weighted by atomic mass is 10.1. The largest absolute Gasteiger partial charge is 0.393 e. The van der Waals surface area contributed by atoms with Crippen molar-refractivity contribution < 1.29 is 5.11 Å². The van der Waals surface area contributed by atoms with E-state index < -0.39 is 0 Å². The SMILES string of the molecule is CC(C)(C)S(C)(C)C.OC1CCNCC1. The molecular weight excluding hydrogens is 206 g/mol. The van der Waals surface area contributed by atoms with Crippen LogP contribution in [0, 0.1) is 0 Å². The third-order valence-corrected chi connectivity index (χ3v) is 6.82. The van der Waals surface area contributed by atoms with Gasteiger partial charge in [-0.1, -0.05) is 20.8 Å². The highest BCUT2D eigenvalue weighted by molar-refractivity contribution is 8.33. The zero-order chi connectivity index (χ0) is 12.1. The first-order valence-corrected chi connectivity index (χ1v) is 8.57. The van der Waals surface area contributed by atoms with Crippen LogP contribution < -0.4 is 5.32 Å². The second-order valence-corrected chi connectivity index (χ2v) is 10.8. The molecule has 1 aliphatic heterocycles. The third kappa shape index (κ3) is 7.20. The zero-order valence-corrected chi connectivity index (χ0v) is 12.1. The molecule has 0 aromatic rings. The van der Waals surface area contributed by atoms with E-state index in [-0.39, 0.29) is 16.1 Å². The highest BCUT2D eigenvalue weighted by Crippen LogP contribution is 2.48. The van der Waals surface area contributed by atoms with Crippen molar-refractivity contribution in [3.63, 3.8) is 0 Å². The van der Waals surface area contributed by atoms with Crippen molar-refractivity contribution in [2.45, 2.75) is 44.5 Å². The minimum absolute atomic E-state index is 0.0266. The van der Waals surface area contributed by atoms with Gasteiger partial charge < -0.3 is 10.4 Å². The molecule has 2 nitrogen and oxygen atoms in total. The number of hydrogen-bond donors (Lipinski definition) is 2. The molecule has 1 rings (SSSR count). The molecule has 0 aromatic heterocycles. The average molecular weight is 235 g/mol. The lowest BCUT2D eigenvalue weighted by molar-refractivity contribution is 0.137. The number of hydrogen-bond acceptors (Lipinski definition) is 2. The number of piperidine rings is 1. The highest BCUT2D eigenvalue weighted by atomic mass is 32.3. The van der Waals surface area contributed by atoms with Crippen LogP contribution in [0.25, 0.3) is 0 Å². The molecular formula is C12H29NOS. The first kappa shape index (κ1) is 15.3. The van der Waals surface area contributed by atoms with Crippen LogP contribution in [0.1, 0.15) is 33.6 Å². The first-order chi connectivity index (χ1) is 6.64. The molecule has 0 aromatic carbocycles. The average Bonchev–Trinajstić information content (AvgIpc) is 2.02. The van der Waals surface area contributed by atoms with Gasteiger partial charge in [-0.3, -0.25) is 0 Å². The first-order valence-electron chi connectivity index (χ1n) is 5.71. The van der Waals surface area contributed by atoms with Gasteiger partial charge in [-0.25, -0.2) is 10.0 Å². The summed E-state index contributed by atoms with van der Waals surface area (Å²) in [6.45, 7) is 8.90. The van der Waals surface area contributed by atoms with Crippen LogP contribution in [-0.2, 0) is 0 Å². The summed E-state index contributed by atoms with van der Waals surface area (Å²) in [5.74, 6) is 0. The molecule has 15 heavy (non-hydrogen) atoms. The Balaban J connectivity index is 0.000000262. The lowest BCUT2D eigenvalue weighted by Crippen LogP contribution is -2.30. The standard InChI is InChI=1S/C7H18S.C5H11NO/c1-7(2,3)8(4,5)6;7-5-1-3-6-4-2-5/h1-6H3;5-7H,1-4H2. The van der Waals surface area contributed by atoms with E-state index in [2.05, 4.69) is 44.9 Å². The fourth-order valence-electron chi connectivity index (χ4n) is 0.807. The minimum Gasteiger partial charge on any atom is -0.393 e. The summed E-state index contributed by atoms with van der Waals surface area (Å²) < 4.78 is 0.521. The lowest BCUT2D eigenvalue weighted by Gasteiger charge is -2.40. The van der Waals surface area contributed by atoms with E-state index >= 15 is 0 Å². The second-order valence-electron chi connectivity index (χ2n) is 5.93. The molecule has 1 fully saturated rings. The Bertz CT molecular complexity index is 151. The number of rotatable bonds is 0. The second kappa shape index (κ2) is 6.12. The van der Waals surface area contributed by atoms with E-state index in [9.17, 15) is 0 Å². The Morgan fingerprint density at radius 2 is 1.40 bits per heavy atom. The van der Waals surface area contributed by atoms with Crippen molar-refractivity contribution in [2.75, 3.05) is 31.9 Å². The van der Waals surface area contributed by atoms with Gasteiger partial charge in [-0.15, -0.1) is 0 Å². The fourth-order valence-corrected chi connectivity index (χ4v) is 0.807. The molecule has 0 radical (unpaired) electrons. The van der Waals surface area contributed by atoms with Gasteiger partial charge in [0.05, 0.1) is 6.10 Å². The molecule has 0 spiro atoms. The number of aliphatic hydroxyl groups excluding tert-OH is 1. The van der Waals surface area contributed by atoms with Gasteiger partial charge in [0.2, 0.25) is 0 Å². The Hall–Kier alpha value is 0.270. The Morgan fingerprint density at radius 1 is 1.07 bits per heavy atom.